The Morgan fingerprint density at radius 1 is 1.11 bits per heavy atom. The van der Waals surface area contributed by atoms with E-state index in [4.69, 9.17) is 0 Å². The van der Waals surface area contributed by atoms with Crippen LogP contribution in [0.1, 0.15) is 37.3 Å². The van der Waals surface area contributed by atoms with Crippen LogP contribution in [0.15, 0.2) is 18.2 Å². The molecule has 0 spiro atoms. The number of benzene rings is 1. The maximum absolute atomic E-state index is 11.7. The lowest BCUT2D eigenvalue weighted by molar-refractivity contribution is -0.136. The molecule has 0 aliphatic heterocycles. The van der Waals surface area contributed by atoms with Crippen LogP contribution >= 0.6 is 0 Å². The molecule has 0 aliphatic rings. The van der Waals surface area contributed by atoms with Crippen molar-refractivity contribution in [1.82, 2.24) is 5.32 Å². The van der Waals surface area contributed by atoms with Crippen molar-refractivity contribution in [2.75, 3.05) is 11.9 Å². The molecule has 0 fully saturated rings. The second-order valence-corrected chi connectivity index (χ2v) is 4.66. The van der Waals surface area contributed by atoms with E-state index < -0.39 is 11.8 Å². The third-order valence-electron chi connectivity index (χ3n) is 3.12. The van der Waals surface area contributed by atoms with Crippen molar-refractivity contribution in [1.29, 1.82) is 0 Å². The SMILES string of the molecule is CCCCCNC(=O)C(=O)Nc1cccc(C)c1C. The van der Waals surface area contributed by atoms with Crippen LogP contribution in [0, 0.1) is 13.8 Å². The van der Waals surface area contributed by atoms with E-state index in [0.29, 0.717) is 12.2 Å². The number of carbonyl (C=O) groups excluding carboxylic acids is 2. The van der Waals surface area contributed by atoms with E-state index in [1.807, 2.05) is 26.0 Å². The smallest absolute Gasteiger partial charge is 0.313 e. The molecule has 2 N–H and O–H groups in total. The van der Waals surface area contributed by atoms with Crippen LogP contribution in [-0.4, -0.2) is 18.4 Å². The molecule has 19 heavy (non-hydrogen) atoms. The van der Waals surface area contributed by atoms with Gasteiger partial charge in [-0.15, -0.1) is 0 Å². The van der Waals surface area contributed by atoms with Gasteiger partial charge in [0, 0.05) is 12.2 Å². The number of hydrogen-bond donors (Lipinski definition) is 2. The summed E-state index contributed by atoms with van der Waals surface area (Å²) in [4.78, 5) is 23.3. The fourth-order valence-electron chi connectivity index (χ4n) is 1.72. The molecule has 2 amide bonds. The second kappa shape index (κ2) is 7.56. The molecule has 1 aromatic rings. The van der Waals surface area contributed by atoms with E-state index in [2.05, 4.69) is 17.6 Å². The Morgan fingerprint density at radius 3 is 2.53 bits per heavy atom. The third-order valence-corrected chi connectivity index (χ3v) is 3.12. The van der Waals surface area contributed by atoms with Gasteiger partial charge in [0.25, 0.3) is 0 Å². The van der Waals surface area contributed by atoms with Gasteiger partial charge in [-0.2, -0.15) is 0 Å². The minimum atomic E-state index is -0.606. The highest BCUT2D eigenvalue weighted by Crippen LogP contribution is 2.17. The predicted molar refractivity (Wildman–Crippen MR) is 77.1 cm³/mol. The highest BCUT2D eigenvalue weighted by Gasteiger charge is 2.14. The molecule has 4 heteroatoms. The summed E-state index contributed by atoms with van der Waals surface area (Å²) in [5.74, 6) is -1.18. The summed E-state index contributed by atoms with van der Waals surface area (Å²) in [7, 11) is 0. The predicted octanol–water partition coefficient (Wildman–Crippen LogP) is 2.55. The lowest BCUT2D eigenvalue weighted by Crippen LogP contribution is -2.36. The minimum Gasteiger partial charge on any atom is -0.348 e. The molecule has 0 radical (unpaired) electrons. The van der Waals surface area contributed by atoms with Crippen molar-refractivity contribution >= 4 is 17.5 Å². The van der Waals surface area contributed by atoms with Crippen LogP contribution in [-0.2, 0) is 9.59 Å². The van der Waals surface area contributed by atoms with Crippen LogP contribution in [0.2, 0.25) is 0 Å². The first-order valence-corrected chi connectivity index (χ1v) is 6.71. The Labute approximate surface area is 114 Å². The minimum absolute atomic E-state index is 0.549. The highest BCUT2D eigenvalue weighted by molar-refractivity contribution is 6.39. The van der Waals surface area contributed by atoms with Crippen LogP contribution in [0.5, 0.6) is 0 Å². The fraction of sp³-hybridized carbons (Fsp3) is 0.467. The number of amides is 2. The molecular weight excluding hydrogens is 240 g/mol. The van der Waals surface area contributed by atoms with Crippen LogP contribution in [0.4, 0.5) is 5.69 Å². The third kappa shape index (κ3) is 4.73. The molecule has 0 aliphatic carbocycles. The van der Waals surface area contributed by atoms with Gasteiger partial charge in [0.15, 0.2) is 0 Å². The molecule has 0 heterocycles. The van der Waals surface area contributed by atoms with Crippen molar-refractivity contribution in [3.05, 3.63) is 29.3 Å². The lowest BCUT2D eigenvalue weighted by atomic mass is 10.1. The lowest BCUT2D eigenvalue weighted by Gasteiger charge is -2.10. The van der Waals surface area contributed by atoms with E-state index in [1.54, 1.807) is 6.07 Å². The molecule has 4 nitrogen and oxygen atoms in total. The van der Waals surface area contributed by atoms with E-state index in [-0.39, 0.29) is 0 Å². The van der Waals surface area contributed by atoms with E-state index in [0.717, 1.165) is 30.4 Å². The van der Waals surface area contributed by atoms with Gasteiger partial charge in [0.1, 0.15) is 0 Å². The molecule has 0 unspecified atom stereocenters. The van der Waals surface area contributed by atoms with E-state index in [9.17, 15) is 9.59 Å². The Balaban J connectivity index is 2.50. The average Bonchev–Trinajstić information content (AvgIpc) is 2.39. The summed E-state index contributed by atoms with van der Waals surface area (Å²) in [6, 6.07) is 5.62. The van der Waals surface area contributed by atoms with Gasteiger partial charge in [-0.05, 0) is 37.5 Å². The van der Waals surface area contributed by atoms with E-state index in [1.165, 1.54) is 0 Å². The number of nitrogens with one attached hydrogen (secondary N) is 2. The Morgan fingerprint density at radius 2 is 1.84 bits per heavy atom. The van der Waals surface area contributed by atoms with Gasteiger partial charge in [0.05, 0.1) is 0 Å². The summed E-state index contributed by atoms with van der Waals surface area (Å²) in [6.45, 7) is 6.53. The molecule has 0 atom stereocenters. The monoisotopic (exact) mass is 262 g/mol. The van der Waals surface area contributed by atoms with Crippen molar-refractivity contribution in [2.24, 2.45) is 0 Å². The summed E-state index contributed by atoms with van der Waals surface area (Å²) < 4.78 is 0. The largest absolute Gasteiger partial charge is 0.348 e. The van der Waals surface area contributed by atoms with Gasteiger partial charge in [-0.25, -0.2) is 0 Å². The molecule has 0 bridgehead atoms. The zero-order valence-electron chi connectivity index (χ0n) is 11.9. The first-order valence-electron chi connectivity index (χ1n) is 6.71. The van der Waals surface area contributed by atoms with Gasteiger partial charge in [0.2, 0.25) is 0 Å². The van der Waals surface area contributed by atoms with Crippen molar-refractivity contribution < 1.29 is 9.59 Å². The summed E-state index contributed by atoms with van der Waals surface area (Å²) >= 11 is 0. The second-order valence-electron chi connectivity index (χ2n) is 4.66. The van der Waals surface area contributed by atoms with E-state index >= 15 is 0 Å². The van der Waals surface area contributed by atoms with Crippen molar-refractivity contribution in [2.45, 2.75) is 40.0 Å². The maximum Gasteiger partial charge on any atom is 0.313 e. The molecule has 1 rings (SSSR count). The van der Waals surface area contributed by atoms with Crippen LogP contribution < -0.4 is 10.6 Å². The first-order chi connectivity index (χ1) is 9.06. The highest BCUT2D eigenvalue weighted by atomic mass is 16.2. The summed E-state index contributed by atoms with van der Waals surface area (Å²) in [6.07, 6.45) is 3.04. The maximum atomic E-state index is 11.7. The van der Waals surface area contributed by atoms with Crippen molar-refractivity contribution in [3.8, 4) is 0 Å². The molecule has 0 saturated carbocycles. The normalized spacial score (nSPS) is 10.1. The number of unbranched alkanes of at least 4 members (excludes halogenated alkanes) is 2. The van der Waals surface area contributed by atoms with Gasteiger partial charge in [-0.3, -0.25) is 9.59 Å². The quantitative estimate of drug-likeness (QED) is 0.633. The summed E-state index contributed by atoms with van der Waals surface area (Å²) in [5, 5.41) is 5.26. The Bertz CT molecular complexity index is 455. The molecule has 104 valence electrons. The fourth-order valence-corrected chi connectivity index (χ4v) is 1.72. The molecule has 0 saturated heterocycles. The van der Waals surface area contributed by atoms with Gasteiger partial charge >= 0.3 is 11.8 Å². The standard InChI is InChI=1S/C15H22N2O2/c1-4-5-6-10-16-14(18)15(19)17-13-9-7-8-11(2)12(13)3/h7-9H,4-6,10H2,1-3H3,(H,16,18)(H,17,19). The Kier molecular flexibility index (Phi) is 6.06. The zero-order valence-corrected chi connectivity index (χ0v) is 11.9. The zero-order chi connectivity index (χ0) is 14.3. The molecular formula is C15H22N2O2. The first kappa shape index (κ1) is 15.2. The van der Waals surface area contributed by atoms with Crippen molar-refractivity contribution in [3.63, 3.8) is 0 Å². The summed E-state index contributed by atoms with van der Waals surface area (Å²) in [5.41, 5.74) is 2.75. The van der Waals surface area contributed by atoms with Gasteiger partial charge in [-0.1, -0.05) is 31.9 Å². The number of anilines is 1. The molecule has 0 aromatic heterocycles. The topological polar surface area (TPSA) is 58.2 Å². The van der Waals surface area contributed by atoms with Gasteiger partial charge < -0.3 is 10.6 Å². The Hall–Kier alpha value is -1.84. The van der Waals surface area contributed by atoms with Crippen LogP contribution in [0.25, 0.3) is 0 Å². The number of carbonyl (C=O) groups is 2. The number of rotatable bonds is 5. The molecule has 1 aromatic carbocycles. The number of hydrogen-bond acceptors (Lipinski definition) is 2. The average molecular weight is 262 g/mol. The number of aryl methyl sites for hydroxylation is 1. The van der Waals surface area contributed by atoms with Crippen LogP contribution in [0.3, 0.4) is 0 Å².